The second-order valence-corrected chi connectivity index (χ2v) is 12.0. The van der Waals surface area contributed by atoms with E-state index in [1.807, 2.05) is 0 Å². The molecule has 0 aromatic heterocycles. The monoisotopic (exact) mass is 246 g/mol. The smallest absolute Gasteiger partial charge is 0.165 e. The van der Waals surface area contributed by atoms with Gasteiger partial charge in [0.1, 0.15) is 0 Å². The van der Waals surface area contributed by atoms with Crippen molar-refractivity contribution >= 4 is 18.1 Å². The van der Waals surface area contributed by atoms with Gasteiger partial charge in [0.15, 0.2) is 18.1 Å². The summed E-state index contributed by atoms with van der Waals surface area (Å²) in [6.45, 7) is 14.0. The molecule has 4 atom stereocenters. The van der Waals surface area contributed by atoms with Crippen molar-refractivity contribution in [3.8, 4) is 0 Å². The molecule has 0 aliphatic carbocycles. The molecule has 0 bridgehead atoms. The van der Waals surface area contributed by atoms with Crippen molar-refractivity contribution in [1.29, 1.82) is 0 Å². The van der Waals surface area contributed by atoms with Gasteiger partial charge in [0.05, 0.1) is 0 Å². The minimum atomic E-state index is -0.891. The van der Waals surface area contributed by atoms with Gasteiger partial charge in [-0.3, -0.25) is 0 Å². The third-order valence-electron chi connectivity index (χ3n) is 3.71. The highest BCUT2D eigenvalue weighted by atomic mass is 28.4. The summed E-state index contributed by atoms with van der Waals surface area (Å²) < 4.78 is 6.53. The Morgan fingerprint density at radius 3 is 1.33 bits per heavy atom. The van der Waals surface area contributed by atoms with Crippen LogP contribution in [0.15, 0.2) is 0 Å². The molecule has 0 aromatic carbocycles. The van der Waals surface area contributed by atoms with E-state index in [2.05, 4.69) is 41.5 Å². The summed E-state index contributed by atoms with van der Waals surface area (Å²) in [6.07, 6.45) is 2.60. The molecular formula is C12H30OSi2. The Morgan fingerprint density at radius 1 is 0.800 bits per heavy atom. The Balaban J connectivity index is 4.23. The molecule has 1 nitrogen and oxygen atoms in total. The van der Waals surface area contributed by atoms with Gasteiger partial charge in [0.2, 0.25) is 0 Å². The molecule has 15 heavy (non-hydrogen) atoms. The van der Waals surface area contributed by atoms with Gasteiger partial charge in [0, 0.05) is 0 Å². The van der Waals surface area contributed by atoms with Crippen molar-refractivity contribution in [2.24, 2.45) is 0 Å². The predicted molar refractivity (Wildman–Crippen MR) is 75.8 cm³/mol. The number of rotatable bonds is 8. The fourth-order valence-corrected chi connectivity index (χ4v) is 10.2. The molecule has 0 aliphatic heterocycles. The van der Waals surface area contributed by atoms with Crippen LogP contribution in [0.2, 0.25) is 23.2 Å². The fraction of sp³-hybridized carbons (Fsp3) is 1.00. The Hall–Kier alpha value is 0.394. The summed E-state index contributed by atoms with van der Waals surface area (Å²) >= 11 is 0. The van der Waals surface area contributed by atoms with Gasteiger partial charge in [-0.1, -0.05) is 54.4 Å². The Kier molecular flexibility index (Phi) is 8.76. The van der Waals surface area contributed by atoms with E-state index in [0.717, 1.165) is 11.1 Å². The first-order valence-electron chi connectivity index (χ1n) is 6.75. The van der Waals surface area contributed by atoms with Crippen LogP contribution in [0.5, 0.6) is 0 Å². The molecule has 4 unspecified atom stereocenters. The van der Waals surface area contributed by atoms with Gasteiger partial charge in [0.25, 0.3) is 0 Å². The molecule has 0 aromatic rings. The van der Waals surface area contributed by atoms with E-state index in [1.54, 1.807) is 0 Å². The average Bonchev–Trinajstić information content (AvgIpc) is 2.28. The lowest BCUT2D eigenvalue weighted by molar-refractivity contribution is 0.530. The maximum Gasteiger partial charge on any atom is 0.165 e. The van der Waals surface area contributed by atoms with Crippen LogP contribution in [0, 0.1) is 0 Å². The Bertz CT molecular complexity index is 137. The molecule has 0 amide bonds. The van der Waals surface area contributed by atoms with Gasteiger partial charge in [-0.15, -0.1) is 0 Å². The molecule has 0 fully saturated rings. The highest BCUT2D eigenvalue weighted by molar-refractivity contribution is 6.67. The third-order valence-corrected chi connectivity index (χ3v) is 11.6. The van der Waals surface area contributed by atoms with E-state index >= 15 is 0 Å². The lowest BCUT2D eigenvalue weighted by atomic mass is 10.4. The van der Waals surface area contributed by atoms with Crippen LogP contribution in [-0.2, 0) is 4.12 Å². The molecule has 92 valence electrons. The van der Waals surface area contributed by atoms with E-state index < -0.39 is 18.1 Å². The SMILES string of the molecule is CCC(C)[SiH](CC)O[SiH](CC)C(C)CC. The highest BCUT2D eigenvalue weighted by Crippen LogP contribution is 2.24. The summed E-state index contributed by atoms with van der Waals surface area (Å²) in [5, 5.41) is 0. The fourth-order valence-electron chi connectivity index (χ4n) is 2.02. The van der Waals surface area contributed by atoms with Crippen molar-refractivity contribution in [2.45, 2.75) is 77.6 Å². The molecule has 0 N–H and O–H groups in total. The van der Waals surface area contributed by atoms with E-state index in [-0.39, 0.29) is 0 Å². The van der Waals surface area contributed by atoms with Crippen LogP contribution in [0.25, 0.3) is 0 Å². The lowest BCUT2D eigenvalue weighted by Crippen LogP contribution is -2.33. The standard InChI is InChI=1S/C12H30OSi2/c1-7-11(5)14(9-3)13-15(10-4)12(6)8-2/h11-12,14-15H,7-10H2,1-6H3. The zero-order valence-electron chi connectivity index (χ0n) is 11.5. The lowest BCUT2D eigenvalue weighted by Gasteiger charge is -2.29. The molecule has 0 rings (SSSR count). The minimum absolute atomic E-state index is 0.862. The predicted octanol–water partition coefficient (Wildman–Crippen LogP) is 4.09. The van der Waals surface area contributed by atoms with Crippen LogP contribution in [0.4, 0.5) is 0 Å². The first kappa shape index (κ1) is 15.4. The van der Waals surface area contributed by atoms with Gasteiger partial charge in [-0.2, -0.15) is 0 Å². The molecule has 0 spiro atoms. The van der Waals surface area contributed by atoms with Crippen molar-refractivity contribution in [2.75, 3.05) is 0 Å². The van der Waals surface area contributed by atoms with Crippen LogP contribution in [-0.4, -0.2) is 18.1 Å². The zero-order chi connectivity index (χ0) is 11.8. The zero-order valence-corrected chi connectivity index (χ0v) is 13.9. The molecule has 0 saturated carbocycles. The van der Waals surface area contributed by atoms with Gasteiger partial charge in [-0.25, -0.2) is 0 Å². The van der Waals surface area contributed by atoms with Gasteiger partial charge in [-0.05, 0) is 23.2 Å². The second kappa shape index (κ2) is 8.53. The number of hydrogen-bond acceptors (Lipinski definition) is 1. The van der Waals surface area contributed by atoms with Crippen molar-refractivity contribution in [1.82, 2.24) is 0 Å². The summed E-state index contributed by atoms with van der Waals surface area (Å²) in [6, 6.07) is 2.63. The maximum absolute atomic E-state index is 6.53. The minimum Gasteiger partial charge on any atom is -0.459 e. The van der Waals surface area contributed by atoms with Crippen molar-refractivity contribution in [3.63, 3.8) is 0 Å². The summed E-state index contributed by atoms with van der Waals surface area (Å²) in [5.74, 6) is 0. The molecule has 3 heteroatoms. The normalized spacial score (nSPS) is 19.6. The van der Waals surface area contributed by atoms with E-state index in [4.69, 9.17) is 4.12 Å². The first-order valence-corrected chi connectivity index (χ1v) is 10.7. The van der Waals surface area contributed by atoms with Gasteiger partial charge < -0.3 is 4.12 Å². The van der Waals surface area contributed by atoms with Crippen LogP contribution >= 0.6 is 0 Å². The maximum atomic E-state index is 6.53. The molecule has 0 saturated heterocycles. The second-order valence-electron chi connectivity index (χ2n) is 4.80. The topological polar surface area (TPSA) is 9.23 Å². The number of hydrogen-bond donors (Lipinski definition) is 0. The Labute approximate surface area is 100 Å². The summed E-state index contributed by atoms with van der Waals surface area (Å²) in [7, 11) is -1.78. The average molecular weight is 247 g/mol. The quantitative estimate of drug-likeness (QED) is 0.586. The van der Waals surface area contributed by atoms with Crippen molar-refractivity contribution in [3.05, 3.63) is 0 Å². The molecular weight excluding hydrogens is 216 g/mol. The third kappa shape index (κ3) is 5.32. The summed E-state index contributed by atoms with van der Waals surface area (Å²) in [5.41, 5.74) is 1.72. The van der Waals surface area contributed by atoms with Crippen LogP contribution in [0.1, 0.15) is 54.4 Å². The molecule has 0 aliphatic rings. The van der Waals surface area contributed by atoms with Crippen molar-refractivity contribution < 1.29 is 4.12 Å². The van der Waals surface area contributed by atoms with Crippen LogP contribution < -0.4 is 0 Å². The first-order chi connectivity index (χ1) is 7.10. The largest absolute Gasteiger partial charge is 0.459 e. The highest BCUT2D eigenvalue weighted by Gasteiger charge is 2.24. The van der Waals surface area contributed by atoms with E-state index in [9.17, 15) is 0 Å². The van der Waals surface area contributed by atoms with E-state index in [0.29, 0.717) is 0 Å². The Morgan fingerprint density at radius 2 is 1.13 bits per heavy atom. The molecule has 0 heterocycles. The molecule has 0 radical (unpaired) electrons. The van der Waals surface area contributed by atoms with Gasteiger partial charge >= 0.3 is 0 Å². The van der Waals surface area contributed by atoms with E-state index in [1.165, 1.54) is 24.9 Å². The van der Waals surface area contributed by atoms with Crippen LogP contribution in [0.3, 0.4) is 0 Å². The summed E-state index contributed by atoms with van der Waals surface area (Å²) in [4.78, 5) is 0.